The molecule has 3 aromatic carbocycles. The summed E-state index contributed by atoms with van der Waals surface area (Å²) in [7, 11) is 0. The first kappa shape index (κ1) is 30.7. The third-order valence-electron chi connectivity index (χ3n) is 6.55. The van der Waals surface area contributed by atoms with E-state index in [9.17, 15) is 19.7 Å². The molecule has 220 valence electrons. The number of hydrogen-bond donors (Lipinski definition) is 0. The summed E-state index contributed by atoms with van der Waals surface area (Å²) in [6.07, 6.45) is 1.54. The molecule has 0 saturated carbocycles. The van der Waals surface area contributed by atoms with Crippen LogP contribution in [0, 0.1) is 10.1 Å². The number of hydrogen-bond acceptors (Lipinski definition) is 8. The Morgan fingerprint density at radius 3 is 2.58 bits per heavy atom. The number of aromatic nitrogens is 1. The van der Waals surface area contributed by atoms with Crippen LogP contribution < -0.4 is 19.6 Å². The van der Waals surface area contributed by atoms with E-state index in [0.717, 1.165) is 16.9 Å². The Balaban J connectivity index is 1.60. The van der Waals surface area contributed by atoms with Crippen LogP contribution in [-0.4, -0.2) is 22.1 Å². The van der Waals surface area contributed by atoms with Gasteiger partial charge in [-0.3, -0.25) is 19.5 Å². The second-order valence-corrected chi connectivity index (χ2v) is 12.1. The smallest absolute Gasteiger partial charge is 0.338 e. The zero-order valence-corrected chi connectivity index (χ0v) is 26.6. The Bertz CT molecular complexity index is 1970. The van der Waals surface area contributed by atoms with Crippen LogP contribution in [0.5, 0.6) is 5.75 Å². The molecule has 0 N–H and O–H groups in total. The largest absolute Gasteiger partial charge is 0.481 e. The summed E-state index contributed by atoms with van der Waals surface area (Å²) in [5.74, 6) is -0.552. The van der Waals surface area contributed by atoms with E-state index in [1.54, 1.807) is 68.4 Å². The number of nitro groups is 1. The maximum Gasteiger partial charge on any atom is 0.338 e. The number of halogens is 3. The fraction of sp³-hybridized carbons (Fsp3) is 0.167. The molecule has 4 aromatic rings. The van der Waals surface area contributed by atoms with Gasteiger partial charge in [0.25, 0.3) is 5.56 Å². The molecule has 9 nitrogen and oxygen atoms in total. The molecule has 1 aliphatic heterocycles. The van der Waals surface area contributed by atoms with Crippen molar-refractivity contribution >= 4 is 68.2 Å². The van der Waals surface area contributed by atoms with Crippen LogP contribution in [-0.2, 0) is 16.1 Å². The van der Waals surface area contributed by atoms with E-state index in [2.05, 4.69) is 20.9 Å². The maximum absolute atomic E-state index is 13.9. The van der Waals surface area contributed by atoms with Crippen molar-refractivity contribution in [2.24, 2.45) is 4.99 Å². The van der Waals surface area contributed by atoms with Gasteiger partial charge in [0.2, 0.25) is 5.75 Å². The van der Waals surface area contributed by atoms with Crippen LogP contribution >= 0.6 is 50.5 Å². The van der Waals surface area contributed by atoms with Gasteiger partial charge in [-0.05, 0) is 76.8 Å². The summed E-state index contributed by atoms with van der Waals surface area (Å²) < 4.78 is 13.1. The number of nitrogens with zero attached hydrogens (tertiary/aromatic N) is 3. The molecular weight excluding hydrogens is 681 g/mol. The van der Waals surface area contributed by atoms with Gasteiger partial charge < -0.3 is 9.47 Å². The lowest BCUT2D eigenvalue weighted by Gasteiger charge is -2.25. The highest BCUT2D eigenvalue weighted by atomic mass is 79.9. The molecule has 1 atom stereocenters. The zero-order valence-electron chi connectivity index (χ0n) is 22.7. The van der Waals surface area contributed by atoms with Crippen molar-refractivity contribution < 1.29 is 19.2 Å². The fourth-order valence-corrected chi connectivity index (χ4v) is 6.62. The third kappa shape index (κ3) is 6.30. The van der Waals surface area contributed by atoms with Crippen molar-refractivity contribution in [1.29, 1.82) is 0 Å². The van der Waals surface area contributed by atoms with Crippen LogP contribution in [0.1, 0.15) is 36.6 Å². The van der Waals surface area contributed by atoms with Gasteiger partial charge in [0, 0.05) is 16.1 Å². The van der Waals surface area contributed by atoms with Crippen molar-refractivity contribution in [3.63, 3.8) is 0 Å². The number of esters is 1. The van der Waals surface area contributed by atoms with Gasteiger partial charge in [-0.15, -0.1) is 0 Å². The summed E-state index contributed by atoms with van der Waals surface area (Å²) in [4.78, 5) is 43.3. The Labute approximate surface area is 267 Å². The van der Waals surface area contributed by atoms with E-state index in [-0.39, 0.29) is 34.8 Å². The van der Waals surface area contributed by atoms with E-state index >= 15 is 0 Å². The molecule has 0 fully saturated rings. The second-order valence-electron chi connectivity index (χ2n) is 9.35. The average Bonchev–Trinajstić information content (AvgIpc) is 3.26. The second kappa shape index (κ2) is 12.8. The van der Waals surface area contributed by atoms with Crippen molar-refractivity contribution in [3.8, 4) is 5.75 Å². The highest BCUT2D eigenvalue weighted by Gasteiger charge is 2.34. The molecular formula is C30H22BrCl2N3O6S. The minimum atomic E-state index is -0.879. The SMILES string of the molecule is CCOC(=O)C1=C(C)N=c2s/c(=C\c3cc(Br)c(OCc4ccc(Cl)cc4)c([N+](=O)[O-])c3)c(=O)n2[C@H]1c1ccccc1Cl. The molecule has 0 aliphatic carbocycles. The number of ether oxygens (including phenoxy) is 2. The fourth-order valence-electron chi connectivity index (χ4n) is 4.63. The average molecular weight is 703 g/mol. The zero-order chi connectivity index (χ0) is 30.8. The number of carbonyl (C=O) groups is 1. The monoisotopic (exact) mass is 701 g/mol. The van der Waals surface area contributed by atoms with Crippen LogP contribution in [0.3, 0.4) is 0 Å². The van der Waals surface area contributed by atoms with Crippen LogP contribution in [0.15, 0.2) is 86.2 Å². The maximum atomic E-state index is 13.9. The number of allylic oxidation sites excluding steroid dienone is 1. The van der Waals surface area contributed by atoms with E-state index in [4.69, 9.17) is 32.7 Å². The van der Waals surface area contributed by atoms with Gasteiger partial charge in [0.1, 0.15) is 12.6 Å². The van der Waals surface area contributed by atoms with E-state index in [0.29, 0.717) is 36.1 Å². The number of carbonyl (C=O) groups excluding carboxylic acids is 1. The lowest BCUT2D eigenvalue weighted by Crippen LogP contribution is -2.40. The summed E-state index contributed by atoms with van der Waals surface area (Å²) >= 11 is 17.0. The molecule has 0 bridgehead atoms. The van der Waals surface area contributed by atoms with Gasteiger partial charge in [-0.25, -0.2) is 9.79 Å². The molecule has 5 rings (SSSR count). The quantitative estimate of drug-likeness (QED) is 0.120. The third-order valence-corrected chi connectivity index (χ3v) is 8.72. The first-order chi connectivity index (χ1) is 20.6. The van der Waals surface area contributed by atoms with Crippen LogP contribution in [0.2, 0.25) is 10.0 Å². The van der Waals surface area contributed by atoms with Gasteiger partial charge in [-0.2, -0.15) is 0 Å². The number of fused-ring (bicyclic) bond motifs is 1. The van der Waals surface area contributed by atoms with E-state index in [1.807, 2.05) is 0 Å². The lowest BCUT2D eigenvalue weighted by atomic mass is 9.96. The molecule has 43 heavy (non-hydrogen) atoms. The van der Waals surface area contributed by atoms with Gasteiger partial charge in [0.15, 0.2) is 4.80 Å². The molecule has 13 heteroatoms. The number of nitro benzene ring substituents is 1. The van der Waals surface area contributed by atoms with Gasteiger partial charge in [0.05, 0.1) is 31.8 Å². The minimum absolute atomic E-state index is 0.0481. The topological polar surface area (TPSA) is 113 Å². The number of rotatable bonds is 8. The molecule has 0 unspecified atom stereocenters. The molecule has 0 radical (unpaired) electrons. The molecule has 0 spiro atoms. The normalized spacial score (nSPS) is 14.7. The molecule has 2 heterocycles. The summed E-state index contributed by atoms with van der Waals surface area (Å²) in [6.45, 7) is 3.59. The Morgan fingerprint density at radius 2 is 1.91 bits per heavy atom. The van der Waals surface area contributed by atoms with Crippen molar-refractivity contribution in [3.05, 3.63) is 133 Å². The number of thiazole rings is 1. The van der Waals surface area contributed by atoms with Crippen molar-refractivity contribution in [2.75, 3.05) is 6.61 Å². The highest BCUT2D eigenvalue weighted by Crippen LogP contribution is 2.38. The van der Waals surface area contributed by atoms with Gasteiger partial charge >= 0.3 is 11.7 Å². The Hall–Kier alpha value is -3.77. The summed E-state index contributed by atoms with van der Waals surface area (Å²) in [5, 5.41) is 12.9. The van der Waals surface area contributed by atoms with E-state index in [1.165, 1.54) is 16.7 Å². The van der Waals surface area contributed by atoms with Crippen LogP contribution in [0.25, 0.3) is 6.08 Å². The highest BCUT2D eigenvalue weighted by molar-refractivity contribution is 9.10. The molecule has 1 aromatic heterocycles. The standard InChI is InChI=1S/C30H22BrCl2N3O6S/c1-3-41-29(38)25-16(2)34-30-35(26(25)20-6-4-5-7-22(20)33)28(37)24(43-30)14-18-12-21(31)27(23(13-18)36(39)40)42-15-17-8-10-19(32)11-9-17/h4-14,26H,3,15H2,1-2H3/b24-14-/t26-/m0/s1. The molecule has 1 aliphatic rings. The predicted molar refractivity (Wildman–Crippen MR) is 168 cm³/mol. The van der Waals surface area contributed by atoms with Gasteiger partial charge in [-0.1, -0.05) is 64.9 Å². The Kier molecular flexibility index (Phi) is 9.16. The predicted octanol–water partition coefficient (Wildman–Crippen LogP) is 6.35. The minimum Gasteiger partial charge on any atom is -0.481 e. The summed E-state index contributed by atoms with van der Waals surface area (Å²) in [5.41, 5.74) is 1.59. The first-order valence-electron chi connectivity index (χ1n) is 12.9. The molecule has 0 amide bonds. The summed E-state index contributed by atoms with van der Waals surface area (Å²) in [6, 6.07) is 16.0. The first-order valence-corrected chi connectivity index (χ1v) is 15.2. The number of benzene rings is 3. The van der Waals surface area contributed by atoms with Crippen LogP contribution in [0.4, 0.5) is 5.69 Å². The Morgan fingerprint density at radius 1 is 1.19 bits per heavy atom. The van der Waals surface area contributed by atoms with Crippen molar-refractivity contribution in [2.45, 2.75) is 26.5 Å². The van der Waals surface area contributed by atoms with Crippen molar-refractivity contribution in [1.82, 2.24) is 4.57 Å². The van der Waals surface area contributed by atoms with E-state index < -0.39 is 22.5 Å². The molecule has 0 saturated heterocycles. The lowest BCUT2D eigenvalue weighted by molar-refractivity contribution is -0.386.